The zero-order valence-corrected chi connectivity index (χ0v) is 11.9. The van der Waals surface area contributed by atoms with Gasteiger partial charge in [-0.15, -0.1) is 24.8 Å². The van der Waals surface area contributed by atoms with Crippen LogP contribution in [0.25, 0.3) is 0 Å². The van der Waals surface area contributed by atoms with E-state index in [1.807, 2.05) is 6.92 Å². The Hall–Kier alpha value is -0.580. The van der Waals surface area contributed by atoms with E-state index in [0.717, 1.165) is 49.6 Å². The third-order valence-corrected chi connectivity index (χ3v) is 3.04. The van der Waals surface area contributed by atoms with Gasteiger partial charge in [-0.05, 0) is 13.5 Å². The number of nitrogens with two attached hydrogens (primary N) is 1. The molecule has 17 heavy (non-hydrogen) atoms. The molecule has 1 aliphatic rings. The predicted molar refractivity (Wildman–Crippen MR) is 75.2 cm³/mol. The highest BCUT2D eigenvalue weighted by Gasteiger charge is 2.15. The monoisotopic (exact) mass is 278 g/mol. The quantitative estimate of drug-likeness (QED) is 0.849. The fraction of sp³-hybridized carbons (Fsp3) is 0.636. The molecule has 1 aromatic rings. The summed E-state index contributed by atoms with van der Waals surface area (Å²) in [5.74, 6) is 0.582. The molecule has 0 amide bonds. The number of hydrogen-bond acceptors (Lipinski definition) is 4. The Bertz CT molecular complexity index is 338. The van der Waals surface area contributed by atoms with Crippen molar-refractivity contribution in [1.82, 2.24) is 14.9 Å². The van der Waals surface area contributed by atoms with Crippen molar-refractivity contribution in [2.24, 2.45) is 0 Å². The maximum Gasteiger partial charge on any atom is 0.145 e. The Morgan fingerprint density at radius 1 is 1.12 bits per heavy atom. The van der Waals surface area contributed by atoms with Gasteiger partial charge in [0, 0.05) is 25.9 Å². The highest BCUT2D eigenvalue weighted by Crippen LogP contribution is 2.15. The van der Waals surface area contributed by atoms with Crippen LogP contribution in [0.1, 0.15) is 24.0 Å². The molecule has 4 nitrogen and oxygen atoms in total. The molecule has 2 rings (SSSR count). The normalized spacial score (nSPS) is 15.2. The van der Waals surface area contributed by atoms with Crippen LogP contribution in [0.4, 0.5) is 5.82 Å². The summed E-state index contributed by atoms with van der Waals surface area (Å²) in [5.41, 5.74) is 8.86. The number of nitrogens with zero attached hydrogens (tertiary/aromatic N) is 3. The Kier molecular flexibility index (Phi) is 6.75. The van der Waals surface area contributed by atoms with Crippen LogP contribution in [-0.2, 0) is 12.8 Å². The number of aromatic nitrogens is 2. The lowest BCUT2D eigenvalue weighted by Crippen LogP contribution is -2.25. The first kappa shape index (κ1) is 16.4. The second kappa shape index (κ2) is 6.99. The first-order valence-corrected chi connectivity index (χ1v) is 5.55. The van der Waals surface area contributed by atoms with Crippen molar-refractivity contribution in [3.05, 3.63) is 17.1 Å². The third kappa shape index (κ3) is 3.69. The minimum Gasteiger partial charge on any atom is -0.382 e. The van der Waals surface area contributed by atoms with E-state index in [0.29, 0.717) is 5.82 Å². The number of nitrogen functional groups attached to an aromatic ring is 1. The molecule has 0 radical (unpaired) electrons. The zero-order valence-electron chi connectivity index (χ0n) is 10.3. The van der Waals surface area contributed by atoms with Crippen molar-refractivity contribution in [3.8, 4) is 0 Å². The van der Waals surface area contributed by atoms with Gasteiger partial charge >= 0.3 is 0 Å². The maximum absolute atomic E-state index is 5.77. The van der Waals surface area contributed by atoms with Crippen molar-refractivity contribution >= 4 is 30.6 Å². The fourth-order valence-corrected chi connectivity index (χ4v) is 1.97. The van der Waals surface area contributed by atoms with Gasteiger partial charge in [-0.1, -0.05) is 6.92 Å². The van der Waals surface area contributed by atoms with Gasteiger partial charge in [-0.3, -0.25) is 4.98 Å². The highest BCUT2D eigenvalue weighted by molar-refractivity contribution is 5.85. The highest BCUT2D eigenvalue weighted by atomic mass is 35.5. The minimum atomic E-state index is 0. The molecule has 1 aliphatic heterocycles. The van der Waals surface area contributed by atoms with Gasteiger partial charge in [-0.2, -0.15) is 0 Å². The van der Waals surface area contributed by atoms with Crippen LogP contribution >= 0.6 is 24.8 Å². The van der Waals surface area contributed by atoms with Crippen LogP contribution in [0.3, 0.4) is 0 Å². The van der Waals surface area contributed by atoms with E-state index in [9.17, 15) is 0 Å². The summed E-state index contributed by atoms with van der Waals surface area (Å²) in [6.07, 6.45) is 1.97. The second-order valence-electron chi connectivity index (χ2n) is 4.02. The number of likely N-dealkylation sites (N-methyl/N-ethyl adjacent to an activating group) is 1. The molecule has 0 unspecified atom stereocenters. The summed E-state index contributed by atoms with van der Waals surface area (Å²) in [5, 5.41) is 0. The number of aryl methyl sites for hydroxylation is 1. The molecule has 0 bridgehead atoms. The van der Waals surface area contributed by atoms with E-state index >= 15 is 0 Å². The average molecular weight is 279 g/mol. The standard InChI is InChI=1S/C11H18N4.2ClH/c1-3-15-6-4-9-10(5-7-15)14-11(12)8(2)13-9;;/h3-7H2,1-2H3,(H2,12,14);2*1H. The van der Waals surface area contributed by atoms with Crippen LogP contribution in [0.15, 0.2) is 0 Å². The predicted octanol–water partition coefficient (Wildman–Crippen LogP) is 1.63. The molecule has 2 N–H and O–H groups in total. The second-order valence-corrected chi connectivity index (χ2v) is 4.02. The minimum absolute atomic E-state index is 0. The summed E-state index contributed by atoms with van der Waals surface area (Å²) >= 11 is 0. The number of fused-ring (bicyclic) bond motifs is 1. The first-order chi connectivity index (χ1) is 7.20. The summed E-state index contributed by atoms with van der Waals surface area (Å²) in [7, 11) is 0. The lowest BCUT2D eigenvalue weighted by atomic mass is 10.2. The molecule has 0 aromatic carbocycles. The van der Waals surface area contributed by atoms with Crippen LogP contribution in [-0.4, -0.2) is 34.5 Å². The van der Waals surface area contributed by atoms with Crippen molar-refractivity contribution in [1.29, 1.82) is 0 Å². The van der Waals surface area contributed by atoms with Crippen LogP contribution in [0.5, 0.6) is 0 Å². The van der Waals surface area contributed by atoms with E-state index in [2.05, 4.69) is 21.8 Å². The number of halogens is 2. The van der Waals surface area contributed by atoms with Gasteiger partial charge < -0.3 is 10.6 Å². The summed E-state index contributed by atoms with van der Waals surface area (Å²) in [6, 6.07) is 0. The molecule has 98 valence electrons. The summed E-state index contributed by atoms with van der Waals surface area (Å²) in [4.78, 5) is 11.4. The molecule has 6 heteroatoms. The fourth-order valence-electron chi connectivity index (χ4n) is 1.97. The zero-order chi connectivity index (χ0) is 10.8. The van der Waals surface area contributed by atoms with Crippen molar-refractivity contribution in [2.45, 2.75) is 26.7 Å². The molecule has 1 aromatic heterocycles. The number of anilines is 1. The van der Waals surface area contributed by atoms with E-state index in [-0.39, 0.29) is 24.8 Å². The smallest absolute Gasteiger partial charge is 0.145 e. The van der Waals surface area contributed by atoms with Crippen molar-refractivity contribution < 1.29 is 0 Å². The molecule has 0 spiro atoms. The topological polar surface area (TPSA) is 55.0 Å². The molecular weight excluding hydrogens is 259 g/mol. The molecule has 0 aliphatic carbocycles. The Morgan fingerprint density at radius 3 is 2.18 bits per heavy atom. The van der Waals surface area contributed by atoms with E-state index in [1.54, 1.807) is 0 Å². The number of hydrogen-bond donors (Lipinski definition) is 1. The van der Waals surface area contributed by atoms with Crippen LogP contribution < -0.4 is 5.73 Å². The molecule has 0 fully saturated rings. The third-order valence-electron chi connectivity index (χ3n) is 3.04. The van der Waals surface area contributed by atoms with E-state index < -0.39 is 0 Å². The van der Waals surface area contributed by atoms with Crippen LogP contribution in [0, 0.1) is 6.92 Å². The van der Waals surface area contributed by atoms with Gasteiger partial charge in [-0.25, -0.2) is 4.98 Å². The summed E-state index contributed by atoms with van der Waals surface area (Å²) < 4.78 is 0. The van der Waals surface area contributed by atoms with Gasteiger partial charge in [0.1, 0.15) is 5.82 Å². The van der Waals surface area contributed by atoms with Crippen molar-refractivity contribution in [3.63, 3.8) is 0 Å². The number of rotatable bonds is 1. The summed E-state index contributed by atoms with van der Waals surface area (Å²) in [6.45, 7) is 7.37. The average Bonchev–Trinajstić information content (AvgIpc) is 2.42. The van der Waals surface area contributed by atoms with E-state index in [1.165, 1.54) is 0 Å². The van der Waals surface area contributed by atoms with E-state index in [4.69, 9.17) is 5.73 Å². The lowest BCUT2D eigenvalue weighted by molar-refractivity contribution is 0.302. The molecule has 0 saturated heterocycles. The SMILES string of the molecule is CCN1CCc2nc(C)c(N)nc2CC1.Cl.Cl. The Balaban J connectivity index is 0.00000128. The van der Waals surface area contributed by atoms with Crippen molar-refractivity contribution in [2.75, 3.05) is 25.4 Å². The van der Waals surface area contributed by atoms with Gasteiger partial charge in [0.15, 0.2) is 0 Å². The molecule has 0 atom stereocenters. The first-order valence-electron chi connectivity index (χ1n) is 5.55. The Morgan fingerprint density at radius 2 is 1.65 bits per heavy atom. The largest absolute Gasteiger partial charge is 0.382 e. The maximum atomic E-state index is 5.77. The van der Waals surface area contributed by atoms with Gasteiger partial charge in [0.2, 0.25) is 0 Å². The van der Waals surface area contributed by atoms with Crippen LogP contribution in [0.2, 0.25) is 0 Å². The lowest BCUT2D eigenvalue weighted by Gasteiger charge is -2.15. The molecule has 2 heterocycles. The van der Waals surface area contributed by atoms with Gasteiger partial charge in [0.25, 0.3) is 0 Å². The Labute approximate surface area is 115 Å². The van der Waals surface area contributed by atoms with Gasteiger partial charge in [0.05, 0.1) is 17.1 Å². The molecule has 0 saturated carbocycles. The molecular formula is C11H20Cl2N4.